The number of unbranched alkanes of at least 4 members (excludes halogenated alkanes) is 1. The molecule has 2 rings (SSSR count). The quantitative estimate of drug-likeness (QED) is 0.0762. The number of nitrogens with two attached hydrogens (primary N) is 4. The lowest BCUT2D eigenvalue weighted by molar-refractivity contribution is -0.132. The molecule has 40 heavy (non-hydrogen) atoms. The van der Waals surface area contributed by atoms with E-state index in [-0.39, 0.29) is 31.1 Å². The van der Waals surface area contributed by atoms with Crippen molar-refractivity contribution in [2.24, 2.45) is 27.9 Å². The van der Waals surface area contributed by atoms with Crippen LogP contribution in [0.25, 0.3) is 0 Å². The number of guanidine groups is 1. The van der Waals surface area contributed by atoms with E-state index in [0.29, 0.717) is 36.9 Å². The number of primary amides is 1. The predicted molar refractivity (Wildman–Crippen MR) is 151 cm³/mol. The number of rotatable bonds is 16. The lowest BCUT2D eigenvalue weighted by atomic mass is 10.0. The summed E-state index contributed by atoms with van der Waals surface area (Å²) in [6, 6.07) is 10.8. The van der Waals surface area contributed by atoms with Crippen molar-refractivity contribution in [2.75, 3.05) is 13.1 Å². The van der Waals surface area contributed by atoms with Gasteiger partial charge in [-0.1, -0.05) is 30.3 Å². The molecular formula is C27H38N8O5. The molecule has 0 saturated heterocycles. The van der Waals surface area contributed by atoms with Crippen LogP contribution in [-0.2, 0) is 14.4 Å². The van der Waals surface area contributed by atoms with Crippen LogP contribution in [0.1, 0.15) is 54.1 Å². The van der Waals surface area contributed by atoms with Crippen molar-refractivity contribution < 1.29 is 24.3 Å². The highest BCUT2D eigenvalue weighted by Crippen LogP contribution is 2.17. The lowest BCUT2D eigenvalue weighted by Crippen LogP contribution is -2.54. The second-order valence-corrected chi connectivity index (χ2v) is 9.12. The number of carbonyl (C=O) groups excluding carboxylic acids is 4. The minimum atomic E-state index is -1.20. The van der Waals surface area contributed by atoms with E-state index in [1.165, 1.54) is 24.3 Å². The standard InChI is InChI=1S/C27H38N8O5/c28-15-5-4-9-20(26(40)35-22(23(29)37)17-11-13-19(36)14-12-17)34-25(39)21(10-6-16-32-27(30)31)33-24(38)18-7-2-1-3-8-18/h1-3,7-8,11-14,20-22,36H,4-6,9-10,15-16,28H2,(H2,29,37)(H,33,38)(H,34,39)(H,35,40)(H4,30,31,32)/t20-,21-,22+/m0/s1. The third kappa shape index (κ3) is 10.6. The average molecular weight is 555 g/mol. The van der Waals surface area contributed by atoms with Gasteiger partial charge in [-0.05, 0) is 68.5 Å². The average Bonchev–Trinajstić information content (AvgIpc) is 2.93. The van der Waals surface area contributed by atoms with Gasteiger partial charge in [0, 0.05) is 12.1 Å². The maximum atomic E-state index is 13.4. The van der Waals surface area contributed by atoms with Gasteiger partial charge in [0.1, 0.15) is 23.9 Å². The van der Waals surface area contributed by atoms with Crippen molar-refractivity contribution in [3.8, 4) is 5.75 Å². The first-order valence-electron chi connectivity index (χ1n) is 12.9. The summed E-state index contributed by atoms with van der Waals surface area (Å²) in [7, 11) is 0. The fraction of sp³-hybridized carbons (Fsp3) is 0.370. The second kappa shape index (κ2) is 16.3. The Bertz CT molecular complexity index is 1150. The summed E-state index contributed by atoms with van der Waals surface area (Å²) in [5.74, 6) is -2.64. The van der Waals surface area contributed by atoms with Crippen LogP contribution in [0.3, 0.4) is 0 Å². The van der Waals surface area contributed by atoms with Crippen molar-refractivity contribution in [3.05, 3.63) is 65.7 Å². The van der Waals surface area contributed by atoms with Gasteiger partial charge in [-0.15, -0.1) is 0 Å². The van der Waals surface area contributed by atoms with Gasteiger partial charge in [0.05, 0.1) is 0 Å². The summed E-state index contributed by atoms with van der Waals surface area (Å²) in [6.45, 7) is 0.626. The van der Waals surface area contributed by atoms with Crippen LogP contribution >= 0.6 is 0 Å². The minimum Gasteiger partial charge on any atom is -0.508 e. The zero-order valence-corrected chi connectivity index (χ0v) is 22.2. The molecule has 0 bridgehead atoms. The van der Waals surface area contributed by atoms with Crippen LogP contribution in [0.5, 0.6) is 5.75 Å². The highest BCUT2D eigenvalue weighted by atomic mass is 16.3. The summed E-state index contributed by atoms with van der Waals surface area (Å²) >= 11 is 0. The number of aromatic hydroxyl groups is 1. The molecule has 0 aromatic heterocycles. The third-order valence-corrected chi connectivity index (χ3v) is 5.98. The summed E-state index contributed by atoms with van der Waals surface area (Å²) in [4.78, 5) is 55.5. The van der Waals surface area contributed by atoms with Crippen LogP contribution in [0.4, 0.5) is 0 Å². The number of phenols is 1. The largest absolute Gasteiger partial charge is 0.508 e. The molecule has 2 aromatic carbocycles. The normalized spacial score (nSPS) is 12.8. The van der Waals surface area contributed by atoms with Gasteiger partial charge in [-0.3, -0.25) is 24.2 Å². The maximum Gasteiger partial charge on any atom is 0.251 e. The summed E-state index contributed by atoms with van der Waals surface area (Å²) in [5, 5.41) is 17.5. The molecule has 0 fully saturated rings. The number of phenolic OH excluding ortho intramolecular Hbond substituents is 1. The van der Waals surface area contributed by atoms with Crippen molar-refractivity contribution in [3.63, 3.8) is 0 Å². The first-order valence-corrected chi connectivity index (χ1v) is 12.9. The van der Waals surface area contributed by atoms with Crippen molar-refractivity contribution in [1.82, 2.24) is 16.0 Å². The molecule has 2 aromatic rings. The Morgan fingerprint density at radius 3 is 1.98 bits per heavy atom. The number of amides is 4. The molecule has 0 saturated carbocycles. The Balaban J connectivity index is 2.22. The Morgan fingerprint density at radius 1 is 0.775 bits per heavy atom. The highest BCUT2D eigenvalue weighted by molar-refractivity contribution is 5.98. The smallest absolute Gasteiger partial charge is 0.251 e. The third-order valence-electron chi connectivity index (χ3n) is 5.98. The molecule has 0 unspecified atom stereocenters. The van der Waals surface area contributed by atoms with Gasteiger partial charge in [0.25, 0.3) is 5.91 Å². The van der Waals surface area contributed by atoms with Crippen LogP contribution in [0.2, 0.25) is 0 Å². The monoisotopic (exact) mass is 554 g/mol. The summed E-state index contributed by atoms with van der Waals surface area (Å²) in [5.41, 5.74) is 22.6. The Hall–Kier alpha value is -4.65. The Labute approximate surface area is 232 Å². The molecule has 13 nitrogen and oxygen atoms in total. The number of carbonyl (C=O) groups is 4. The fourth-order valence-corrected chi connectivity index (χ4v) is 3.87. The molecular weight excluding hydrogens is 516 g/mol. The van der Waals surface area contributed by atoms with Gasteiger partial charge in [-0.25, -0.2) is 0 Å². The number of nitrogens with one attached hydrogen (secondary N) is 3. The van der Waals surface area contributed by atoms with Gasteiger partial charge < -0.3 is 44.0 Å². The molecule has 12 N–H and O–H groups in total. The van der Waals surface area contributed by atoms with E-state index < -0.39 is 41.8 Å². The molecule has 0 heterocycles. The van der Waals surface area contributed by atoms with E-state index in [0.717, 1.165) is 0 Å². The summed E-state index contributed by atoms with van der Waals surface area (Å²) in [6.07, 6.45) is 1.91. The first kappa shape index (κ1) is 31.6. The number of nitrogens with zero attached hydrogens (tertiary/aromatic N) is 1. The maximum absolute atomic E-state index is 13.4. The molecule has 13 heteroatoms. The molecule has 0 aliphatic heterocycles. The van der Waals surface area contributed by atoms with E-state index in [1.54, 1.807) is 30.3 Å². The van der Waals surface area contributed by atoms with E-state index in [9.17, 15) is 24.3 Å². The van der Waals surface area contributed by atoms with Gasteiger partial charge >= 0.3 is 0 Å². The second-order valence-electron chi connectivity index (χ2n) is 9.12. The van der Waals surface area contributed by atoms with Crippen LogP contribution in [-0.4, -0.2) is 59.9 Å². The predicted octanol–water partition coefficient (Wildman–Crippen LogP) is -0.499. The Morgan fingerprint density at radius 2 is 1.38 bits per heavy atom. The van der Waals surface area contributed by atoms with E-state index in [1.807, 2.05) is 0 Å². The van der Waals surface area contributed by atoms with Gasteiger partial charge in [0.2, 0.25) is 17.7 Å². The van der Waals surface area contributed by atoms with Crippen LogP contribution < -0.4 is 38.9 Å². The number of benzene rings is 2. The highest BCUT2D eigenvalue weighted by Gasteiger charge is 2.29. The lowest BCUT2D eigenvalue weighted by Gasteiger charge is -2.25. The molecule has 216 valence electrons. The number of hydrogen-bond donors (Lipinski definition) is 8. The fourth-order valence-electron chi connectivity index (χ4n) is 3.87. The number of aliphatic imine (C=N–C) groups is 1. The van der Waals surface area contributed by atoms with Crippen molar-refractivity contribution in [2.45, 2.75) is 50.2 Å². The molecule has 0 aliphatic carbocycles. The molecule has 4 amide bonds. The first-order chi connectivity index (χ1) is 19.1. The zero-order chi connectivity index (χ0) is 29.5. The van der Waals surface area contributed by atoms with Crippen molar-refractivity contribution >= 4 is 29.6 Å². The Kier molecular flexibility index (Phi) is 12.9. The van der Waals surface area contributed by atoms with Gasteiger partial charge in [-0.2, -0.15) is 0 Å². The van der Waals surface area contributed by atoms with E-state index in [2.05, 4.69) is 20.9 Å². The minimum absolute atomic E-state index is 0.0198. The van der Waals surface area contributed by atoms with E-state index in [4.69, 9.17) is 22.9 Å². The molecule has 3 atom stereocenters. The van der Waals surface area contributed by atoms with Crippen LogP contribution in [0, 0.1) is 0 Å². The van der Waals surface area contributed by atoms with Crippen molar-refractivity contribution in [1.29, 1.82) is 0 Å². The van der Waals surface area contributed by atoms with Crippen LogP contribution in [0.15, 0.2) is 59.6 Å². The number of hydrogen-bond acceptors (Lipinski definition) is 7. The zero-order valence-electron chi connectivity index (χ0n) is 22.2. The molecule has 0 spiro atoms. The molecule has 0 aliphatic rings. The van der Waals surface area contributed by atoms with E-state index >= 15 is 0 Å². The summed E-state index contributed by atoms with van der Waals surface area (Å²) < 4.78 is 0. The van der Waals surface area contributed by atoms with Gasteiger partial charge in [0.15, 0.2) is 5.96 Å². The SMILES string of the molecule is NCCCC[C@H](NC(=O)[C@H](CCCN=C(N)N)NC(=O)c1ccccc1)C(=O)N[C@@H](C(N)=O)c1ccc(O)cc1. The topological polar surface area (TPSA) is 241 Å². The molecule has 0 radical (unpaired) electrons.